The van der Waals surface area contributed by atoms with Crippen LogP contribution in [-0.2, 0) is 6.54 Å². The molecule has 1 aliphatic heterocycles. The molecule has 2 heterocycles. The lowest BCUT2D eigenvalue weighted by Crippen LogP contribution is -2.43. The van der Waals surface area contributed by atoms with E-state index in [1.165, 1.54) is 41.6 Å². The van der Waals surface area contributed by atoms with Crippen molar-refractivity contribution in [3.05, 3.63) is 35.2 Å². The summed E-state index contributed by atoms with van der Waals surface area (Å²) < 4.78 is 1.40. The van der Waals surface area contributed by atoms with Gasteiger partial charge in [-0.2, -0.15) is 0 Å². The highest BCUT2D eigenvalue weighted by atomic mass is 32.1. The Bertz CT molecular complexity index is 590. The Balaban J connectivity index is 1.54. The van der Waals surface area contributed by atoms with Crippen molar-refractivity contribution < 1.29 is 5.11 Å². The van der Waals surface area contributed by atoms with Gasteiger partial charge in [-0.25, -0.2) is 0 Å². The summed E-state index contributed by atoms with van der Waals surface area (Å²) in [6, 6.07) is 9.40. The van der Waals surface area contributed by atoms with E-state index in [9.17, 15) is 0 Å². The highest BCUT2D eigenvalue weighted by molar-refractivity contribution is 7.17. The highest BCUT2D eigenvalue weighted by Crippen LogP contribution is 2.27. The predicted molar refractivity (Wildman–Crippen MR) is 94.5 cm³/mol. The SMILES string of the molecule is CN(CCCO)C1CCN(Cc2csc3ccccc23)CC1. The molecule has 3 rings (SSSR count). The van der Waals surface area contributed by atoms with Crippen molar-refractivity contribution in [2.24, 2.45) is 0 Å². The second-order valence-electron chi connectivity index (χ2n) is 6.32. The van der Waals surface area contributed by atoms with E-state index in [2.05, 4.69) is 46.5 Å². The predicted octanol–water partition coefficient (Wildman–Crippen LogP) is 3.18. The second kappa shape index (κ2) is 7.55. The van der Waals surface area contributed by atoms with Crippen molar-refractivity contribution in [3.8, 4) is 0 Å². The number of nitrogens with zero attached hydrogens (tertiary/aromatic N) is 2. The van der Waals surface area contributed by atoms with Crippen molar-refractivity contribution in [2.75, 3.05) is 33.3 Å². The number of fused-ring (bicyclic) bond motifs is 1. The van der Waals surface area contributed by atoms with E-state index in [1.807, 2.05) is 11.3 Å². The van der Waals surface area contributed by atoms with E-state index in [4.69, 9.17) is 5.11 Å². The average Bonchev–Trinajstić information content (AvgIpc) is 2.96. The van der Waals surface area contributed by atoms with Crippen molar-refractivity contribution in [3.63, 3.8) is 0 Å². The third-order valence-electron chi connectivity index (χ3n) is 4.80. The number of likely N-dealkylation sites (tertiary alicyclic amines) is 1. The smallest absolute Gasteiger partial charge is 0.0443 e. The van der Waals surface area contributed by atoms with Crippen molar-refractivity contribution in [1.82, 2.24) is 9.80 Å². The molecule has 0 saturated carbocycles. The quantitative estimate of drug-likeness (QED) is 0.886. The topological polar surface area (TPSA) is 26.7 Å². The fourth-order valence-corrected chi connectivity index (χ4v) is 4.37. The molecular weight excluding hydrogens is 292 g/mol. The van der Waals surface area contributed by atoms with Crippen molar-refractivity contribution in [1.29, 1.82) is 0 Å². The Morgan fingerprint density at radius 3 is 2.82 bits per heavy atom. The van der Waals surface area contributed by atoms with Crippen LogP contribution in [0.5, 0.6) is 0 Å². The van der Waals surface area contributed by atoms with Gasteiger partial charge in [0.15, 0.2) is 0 Å². The zero-order valence-electron chi connectivity index (χ0n) is 13.4. The fraction of sp³-hybridized carbons (Fsp3) is 0.556. The van der Waals surface area contributed by atoms with E-state index >= 15 is 0 Å². The molecule has 1 N–H and O–H groups in total. The number of hydrogen-bond donors (Lipinski definition) is 1. The fourth-order valence-electron chi connectivity index (χ4n) is 3.42. The molecule has 0 bridgehead atoms. The van der Waals surface area contributed by atoms with Gasteiger partial charge in [0.25, 0.3) is 0 Å². The third-order valence-corrected chi connectivity index (χ3v) is 5.82. The number of thiophene rings is 1. The molecule has 0 atom stereocenters. The molecule has 1 aliphatic rings. The highest BCUT2D eigenvalue weighted by Gasteiger charge is 2.22. The Labute approximate surface area is 137 Å². The van der Waals surface area contributed by atoms with E-state index in [1.54, 1.807) is 0 Å². The molecule has 1 fully saturated rings. The molecule has 2 aromatic rings. The van der Waals surface area contributed by atoms with Gasteiger partial charge in [-0.3, -0.25) is 4.90 Å². The molecule has 1 aromatic carbocycles. The molecule has 0 unspecified atom stereocenters. The molecule has 0 spiro atoms. The first kappa shape index (κ1) is 15.9. The van der Waals surface area contributed by atoms with Gasteiger partial charge in [0, 0.05) is 30.4 Å². The van der Waals surface area contributed by atoms with Crippen LogP contribution in [0.4, 0.5) is 0 Å². The largest absolute Gasteiger partial charge is 0.396 e. The van der Waals surface area contributed by atoms with Crippen LogP contribution in [0.2, 0.25) is 0 Å². The summed E-state index contributed by atoms with van der Waals surface area (Å²) in [5.41, 5.74) is 1.48. The van der Waals surface area contributed by atoms with E-state index in [0.717, 1.165) is 19.5 Å². The first-order valence-electron chi connectivity index (χ1n) is 8.26. The molecule has 0 aliphatic carbocycles. The summed E-state index contributed by atoms with van der Waals surface area (Å²) in [6.07, 6.45) is 3.37. The summed E-state index contributed by atoms with van der Waals surface area (Å²) in [6.45, 7) is 4.75. The van der Waals surface area contributed by atoms with Gasteiger partial charge in [0.1, 0.15) is 0 Å². The second-order valence-corrected chi connectivity index (χ2v) is 7.23. The maximum Gasteiger partial charge on any atom is 0.0443 e. The lowest BCUT2D eigenvalue weighted by Gasteiger charge is -2.36. The maximum absolute atomic E-state index is 8.95. The van der Waals surface area contributed by atoms with Crippen LogP contribution in [-0.4, -0.2) is 54.2 Å². The number of benzene rings is 1. The standard InChI is InChI=1S/C18H26N2OS/c1-19(9-4-12-21)16-7-10-20(11-8-16)13-15-14-22-18-6-3-2-5-17(15)18/h2-3,5-6,14,16,21H,4,7-13H2,1H3. The molecule has 0 amide bonds. The summed E-state index contributed by atoms with van der Waals surface area (Å²) in [5.74, 6) is 0. The molecule has 1 saturated heterocycles. The zero-order valence-corrected chi connectivity index (χ0v) is 14.2. The third kappa shape index (κ3) is 3.69. The van der Waals surface area contributed by atoms with Gasteiger partial charge in [-0.1, -0.05) is 18.2 Å². The Morgan fingerprint density at radius 1 is 1.27 bits per heavy atom. The molecule has 1 aromatic heterocycles. The number of aliphatic hydroxyl groups excluding tert-OH is 1. The minimum Gasteiger partial charge on any atom is -0.396 e. The molecule has 3 nitrogen and oxygen atoms in total. The molecular formula is C18H26N2OS. The minimum absolute atomic E-state index is 0.300. The van der Waals surface area contributed by atoms with Gasteiger partial charge in [0.2, 0.25) is 0 Å². The maximum atomic E-state index is 8.95. The van der Waals surface area contributed by atoms with Crippen LogP contribution in [0.25, 0.3) is 10.1 Å². The summed E-state index contributed by atoms with van der Waals surface area (Å²) in [5, 5.41) is 12.7. The van der Waals surface area contributed by atoms with E-state index in [-0.39, 0.29) is 0 Å². The number of hydrogen-bond acceptors (Lipinski definition) is 4. The molecule has 120 valence electrons. The van der Waals surface area contributed by atoms with Crippen LogP contribution in [0.15, 0.2) is 29.6 Å². The Hall–Kier alpha value is -0.940. The van der Waals surface area contributed by atoms with Crippen LogP contribution < -0.4 is 0 Å². The summed E-state index contributed by atoms with van der Waals surface area (Å²) in [7, 11) is 2.20. The van der Waals surface area contributed by atoms with Gasteiger partial charge in [-0.05, 0) is 61.8 Å². The molecule has 0 radical (unpaired) electrons. The number of piperidine rings is 1. The zero-order chi connectivity index (χ0) is 15.4. The summed E-state index contributed by atoms with van der Waals surface area (Å²) >= 11 is 1.86. The lowest BCUT2D eigenvalue weighted by molar-refractivity contribution is 0.118. The molecule has 22 heavy (non-hydrogen) atoms. The van der Waals surface area contributed by atoms with Gasteiger partial charge in [0.05, 0.1) is 0 Å². The first-order chi connectivity index (χ1) is 10.8. The average molecular weight is 318 g/mol. The van der Waals surface area contributed by atoms with Crippen LogP contribution in [0, 0.1) is 0 Å². The van der Waals surface area contributed by atoms with Crippen LogP contribution in [0.1, 0.15) is 24.8 Å². The van der Waals surface area contributed by atoms with Crippen LogP contribution >= 0.6 is 11.3 Å². The van der Waals surface area contributed by atoms with Crippen molar-refractivity contribution in [2.45, 2.75) is 31.8 Å². The van der Waals surface area contributed by atoms with Gasteiger partial charge < -0.3 is 10.0 Å². The van der Waals surface area contributed by atoms with Gasteiger partial charge in [-0.15, -0.1) is 11.3 Å². The minimum atomic E-state index is 0.300. The number of rotatable bonds is 6. The normalized spacial score (nSPS) is 17.6. The summed E-state index contributed by atoms with van der Waals surface area (Å²) in [4.78, 5) is 5.01. The number of aliphatic hydroxyl groups is 1. The lowest BCUT2D eigenvalue weighted by atomic mass is 10.0. The first-order valence-corrected chi connectivity index (χ1v) is 9.14. The Kier molecular flexibility index (Phi) is 5.47. The van der Waals surface area contributed by atoms with E-state index in [0.29, 0.717) is 12.6 Å². The van der Waals surface area contributed by atoms with Crippen molar-refractivity contribution >= 4 is 21.4 Å². The van der Waals surface area contributed by atoms with E-state index < -0.39 is 0 Å². The van der Waals surface area contributed by atoms with Gasteiger partial charge >= 0.3 is 0 Å². The molecule has 4 heteroatoms. The Morgan fingerprint density at radius 2 is 2.05 bits per heavy atom. The van der Waals surface area contributed by atoms with Crippen LogP contribution in [0.3, 0.4) is 0 Å². The monoisotopic (exact) mass is 318 g/mol.